The van der Waals surface area contributed by atoms with Gasteiger partial charge in [-0.05, 0) is 25.0 Å². The lowest BCUT2D eigenvalue weighted by atomic mass is 10.1. The molecular formula is C12H16ClN3O3. The number of amides is 1. The molecule has 1 aromatic carbocycles. The topological polar surface area (TPSA) is 89.5 Å². The molecule has 2 N–H and O–H groups in total. The highest BCUT2D eigenvalue weighted by Crippen LogP contribution is 2.20. The Morgan fingerprint density at radius 2 is 2.21 bits per heavy atom. The standard InChI is InChI=1S/C12H15N3O3.ClH/c1-8-6-10(15(17)18)2-3-11(8)12(16)14-5-4-9(13)7-14;/h2-3,6,9H,4-5,7,13H2,1H3;1H/t9-;/m1./s1. The van der Waals surface area contributed by atoms with Crippen molar-refractivity contribution in [1.29, 1.82) is 0 Å². The molecule has 0 unspecified atom stereocenters. The lowest BCUT2D eigenvalue weighted by Crippen LogP contribution is -2.32. The van der Waals surface area contributed by atoms with Crippen LogP contribution in [0.2, 0.25) is 0 Å². The van der Waals surface area contributed by atoms with Crippen LogP contribution in [0.1, 0.15) is 22.3 Å². The van der Waals surface area contributed by atoms with Crippen LogP contribution >= 0.6 is 12.4 Å². The highest BCUT2D eigenvalue weighted by atomic mass is 35.5. The average Bonchev–Trinajstić information content (AvgIpc) is 2.74. The molecule has 1 fully saturated rings. The van der Waals surface area contributed by atoms with Crippen molar-refractivity contribution in [3.63, 3.8) is 0 Å². The van der Waals surface area contributed by atoms with Gasteiger partial charge in [0.1, 0.15) is 0 Å². The van der Waals surface area contributed by atoms with Crippen LogP contribution in [-0.2, 0) is 0 Å². The summed E-state index contributed by atoms with van der Waals surface area (Å²) in [6, 6.07) is 4.33. The van der Waals surface area contributed by atoms with Crippen molar-refractivity contribution >= 4 is 24.0 Å². The number of aryl methyl sites for hydroxylation is 1. The first kappa shape index (κ1) is 15.4. The Hall–Kier alpha value is -1.66. The second-order valence-corrected chi connectivity index (χ2v) is 4.56. The molecule has 0 bridgehead atoms. The van der Waals surface area contributed by atoms with Crippen LogP contribution in [0, 0.1) is 17.0 Å². The molecule has 1 heterocycles. The van der Waals surface area contributed by atoms with Crippen molar-refractivity contribution in [3.05, 3.63) is 39.4 Å². The Morgan fingerprint density at radius 1 is 1.53 bits per heavy atom. The highest BCUT2D eigenvalue weighted by molar-refractivity contribution is 5.96. The second kappa shape index (κ2) is 5.99. The minimum absolute atomic E-state index is 0. The number of nitrogens with two attached hydrogens (primary N) is 1. The van der Waals surface area contributed by atoms with Gasteiger partial charge in [-0.3, -0.25) is 14.9 Å². The van der Waals surface area contributed by atoms with E-state index in [1.54, 1.807) is 11.8 Å². The number of nitro benzene ring substituents is 1. The lowest BCUT2D eigenvalue weighted by molar-refractivity contribution is -0.384. The molecule has 1 amide bonds. The summed E-state index contributed by atoms with van der Waals surface area (Å²) in [5.74, 6) is -0.102. The fourth-order valence-electron chi connectivity index (χ4n) is 2.14. The number of rotatable bonds is 2. The molecular weight excluding hydrogens is 270 g/mol. The van der Waals surface area contributed by atoms with Crippen LogP contribution < -0.4 is 5.73 Å². The molecule has 19 heavy (non-hydrogen) atoms. The van der Waals surface area contributed by atoms with E-state index in [2.05, 4.69) is 0 Å². The van der Waals surface area contributed by atoms with Crippen molar-refractivity contribution in [2.24, 2.45) is 5.73 Å². The summed E-state index contributed by atoms with van der Waals surface area (Å²) in [6.45, 7) is 2.90. The minimum Gasteiger partial charge on any atom is -0.337 e. The van der Waals surface area contributed by atoms with Crippen LogP contribution in [0.25, 0.3) is 0 Å². The van der Waals surface area contributed by atoms with Gasteiger partial charge in [0, 0.05) is 36.8 Å². The first-order chi connectivity index (χ1) is 8.49. The van der Waals surface area contributed by atoms with Crippen molar-refractivity contribution in [2.45, 2.75) is 19.4 Å². The van der Waals surface area contributed by atoms with Gasteiger partial charge in [0.25, 0.3) is 11.6 Å². The fraction of sp³-hybridized carbons (Fsp3) is 0.417. The predicted molar refractivity (Wildman–Crippen MR) is 73.6 cm³/mol. The van der Waals surface area contributed by atoms with Gasteiger partial charge in [-0.25, -0.2) is 0 Å². The third kappa shape index (κ3) is 3.21. The molecule has 0 spiro atoms. The molecule has 6 nitrogen and oxygen atoms in total. The number of non-ortho nitro benzene ring substituents is 1. The molecule has 7 heteroatoms. The monoisotopic (exact) mass is 285 g/mol. The number of carbonyl (C=O) groups is 1. The Bertz CT molecular complexity index is 507. The van der Waals surface area contributed by atoms with E-state index in [0.717, 1.165) is 6.42 Å². The fourth-order valence-corrected chi connectivity index (χ4v) is 2.14. The van der Waals surface area contributed by atoms with Crippen molar-refractivity contribution in [2.75, 3.05) is 13.1 Å². The number of carbonyl (C=O) groups excluding carboxylic acids is 1. The lowest BCUT2D eigenvalue weighted by Gasteiger charge is -2.16. The zero-order valence-electron chi connectivity index (χ0n) is 10.5. The summed E-state index contributed by atoms with van der Waals surface area (Å²) >= 11 is 0. The molecule has 1 aromatic rings. The van der Waals surface area contributed by atoms with Crippen LogP contribution in [-0.4, -0.2) is 34.9 Å². The Balaban J connectivity index is 0.00000180. The molecule has 1 aliphatic rings. The van der Waals surface area contributed by atoms with Gasteiger partial charge in [-0.15, -0.1) is 12.4 Å². The smallest absolute Gasteiger partial charge is 0.269 e. The number of nitrogens with zero attached hydrogens (tertiary/aromatic N) is 2. The zero-order chi connectivity index (χ0) is 13.3. The number of halogens is 1. The molecule has 2 rings (SSSR count). The van der Waals surface area contributed by atoms with Crippen molar-refractivity contribution in [1.82, 2.24) is 4.90 Å². The first-order valence-electron chi connectivity index (χ1n) is 5.79. The van der Waals surface area contributed by atoms with Crippen LogP contribution in [0.3, 0.4) is 0 Å². The quantitative estimate of drug-likeness (QED) is 0.658. The summed E-state index contributed by atoms with van der Waals surface area (Å²) < 4.78 is 0. The van der Waals surface area contributed by atoms with E-state index in [1.165, 1.54) is 18.2 Å². The van der Waals surface area contributed by atoms with Crippen molar-refractivity contribution in [3.8, 4) is 0 Å². The number of benzene rings is 1. The summed E-state index contributed by atoms with van der Waals surface area (Å²) in [5.41, 5.74) is 6.89. The SMILES string of the molecule is Cc1cc([N+](=O)[O-])ccc1C(=O)N1CC[C@@H](N)C1.Cl. The molecule has 0 radical (unpaired) electrons. The number of hydrogen-bond acceptors (Lipinski definition) is 4. The number of nitro groups is 1. The molecule has 0 aromatic heterocycles. The maximum absolute atomic E-state index is 12.2. The number of likely N-dealkylation sites (tertiary alicyclic amines) is 1. The largest absolute Gasteiger partial charge is 0.337 e. The van der Waals surface area contributed by atoms with Crippen LogP contribution in [0.5, 0.6) is 0 Å². The predicted octanol–water partition coefficient (Wildman–Crippen LogP) is 1.50. The molecule has 1 atom stereocenters. The van der Waals surface area contributed by atoms with E-state index < -0.39 is 4.92 Å². The van der Waals surface area contributed by atoms with Crippen molar-refractivity contribution < 1.29 is 9.72 Å². The summed E-state index contributed by atoms with van der Waals surface area (Å²) in [6.07, 6.45) is 0.803. The molecule has 1 aliphatic heterocycles. The van der Waals surface area contributed by atoms with Gasteiger partial charge in [0.15, 0.2) is 0 Å². The van der Waals surface area contributed by atoms with Gasteiger partial charge in [-0.2, -0.15) is 0 Å². The van der Waals surface area contributed by atoms with E-state index in [-0.39, 0.29) is 30.0 Å². The average molecular weight is 286 g/mol. The maximum Gasteiger partial charge on any atom is 0.269 e. The second-order valence-electron chi connectivity index (χ2n) is 4.56. The van der Waals surface area contributed by atoms with E-state index >= 15 is 0 Å². The first-order valence-corrected chi connectivity index (χ1v) is 5.79. The van der Waals surface area contributed by atoms with Gasteiger partial charge in [0.2, 0.25) is 0 Å². The zero-order valence-corrected chi connectivity index (χ0v) is 11.4. The summed E-state index contributed by atoms with van der Waals surface area (Å²) in [4.78, 5) is 24.1. The van der Waals surface area contributed by atoms with Gasteiger partial charge < -0.3 is 10.6 Å². The normalized spacial score (nSPS) is 18.0. The van der Waals surface area contributed by atoms with Gasteiger partial charge in [-0.1, -0.05) is 0 Å². The van der Waals surface area contributed by atoms with Crippen LogP contribution in [0.15, 0.2) is 18.2 Å². The van der Waals surface area contributed by atoms with Gasteiger partial charge >= 0.3 is 0 Å². The van der Waals surface area contributed by atoms with E-state index in [1.807, 2.05) is 0 Å². The molecule has 104 valence electrons. The number of hydrogen-bond donors (Lipinski definition) is 1. The molecule has 1 saturated heterocycles. The van der Waals surface area contributed by atoms with E-state index in [4.69, 9.17) is 5.73 Å². The Kier molecular flexibility index (Phi) is 4.85. The highest BCUT2D eigenvalue weighted by Gasteiger charge is 2.25. The Labute approximate surface area is 117 Å². The summed E-state index contributed by atoms with van der Waals surface area (Å²) in [7, 11) is 0. The van der Waals surface area contributed by atoms with Crippen LogP contribution in [0.4, 0.5) is 5.69 Å². The van der Waals surface area contributed by atoms with Gasteiger partial charge in [0.05, 0.1) is 4.92 Å². The Morgan fingerprint density at radius 3 is 2.68 bits per heavy atom. The molecule has 0 aliphatic carbocycles. The van der Waals surface area contributed by atoms with E-state index in [0.29, 0.717) is 24.2 Å². The third-order valence-electron chi connectivity index (χ3n) is 3.16. The molecule has 0 saturated carbocycles. The third-order valence-corrected chi connectivity index (χ3v) is 3.16. The summed E-state index contributed by atoms with van der Waals surface area (Å²) in [5, 5.41) is 10.6. The van der Waals surface area contributed by atoms with E-state index in [9.17, 15) is 14.9 Å². The minimum atomic E-state index is -0.465. The maximum atomic E-state index is 12.2.